The van der Waals surface area contributed by atoms with Gasteiger partial charge >= 0.3 is 6.18 Å². The number of para-hydroxylation sites is 2. The van der Waals surface area contributed by atoms with E-state index in [2.05, 4.69) is 0 Å². The Labute approximate surface area is 161 Å². The predicted octanol–water partition coefficient (Wildman–Crippen LogP) is 3.44. The first-order chi connectivity index (χ1) is 13.4. The van der Waals surface area contributed by atoms with Crippen LogP contribution >= 0.6 is 0 Å². The van der Waals surface area contributed by atoms with Gasteiger partial charge in [-0.3, -0.25) is 4.79 Å². The van der Waals surface area contributed by atoms with Crippen LogP contribution in [0.1, 0.15) is 5.56 Å². The lowest BCUT2D eigenvalue weighted by Gasteiger charge is -2.36. The minimum absolute atomic E-state index is 0.0966. The number of anilines is 1. The maximum Gasteiger partial charge on any atom is 0.416 e. The van der Waals surface area contributed by atoms with Gasteiger partial charge in [0.15, 0.2) is 18.1 Å². The normalized spacial score (nSPS) is 14.7. The number of hydrogen-bond acceptors (Lipinski definition) is 4. The number of halogens is 3. The highest BCUT2D eigenvalue weighted by Gasteiger charge is 2.30. The lowest BCUT2D eigenvalue weighted by Crippen LogP contribution is -2.50. The van der Waals surface area contributed by atoms with Crippen LogP contribution in [-0.2, 0) is 11.0 Å². The molecule has 2 aromatic rings. The molecule has 1 saturated heterocycles. The van der Waals surface area contributed by atoms with E-state index < -0.39 is 11.7 Å². The van der Waals surface area contributed by atoms with E-state index in [-0.39, 0.29) is 12.5 Å². The molecule has 0 N–H and O–H groups in total. The Kier molecular flexibility index (Phi) is 5.96. The predicted molar refractivity (Wildman–Crippen MR) is 98.7 cm³/mol. The van der Waals surface area contributed by atoms with Crippen LogP contribution in [0.2, 0.25) is 0 Å². The summed E-state index contributed by atoms with van der Waals surface area (Å²) in [5.74, 6) is 0.919. The van der Waals surface area contributed by atoms with Gasteiger partial charge in [-0.25, -0.2) is 0 Å². The Morgan fingerprint density at radius 3 is 2.14 bits per heavy atom. The molecule has 0 saturated carbocycles. The van der Waals surface area contributed by atoms with Gasteiger partial charge in [-0.2, -0.15) is 13.2 Å². The van der Waals surface area contributed by atoms with Gasteiger partial charge < -0.3 is 19.3 Å². The van der Waals surface area contributed by atoms with Crippen LogP contribution in [0.25, 0.3) is 0 Å². The molecule has 1 fully saturated rings. The van der Waals surface area contributed by atoms with Crippen LogP contribution in [-0.4, -0.2) is 50.7 Å². The van der Waals surface area contributed by atoms with E-state index >= 15 is 0 Å². The highest BCUT2D eigenvalue weighted by molar-refractivity contribution is 5.78. The second-order valence-corrected chi connectivity index (χ2v) is 6.35. The number of carbonyl (C=O) groups excluding carboxylic acids is 1. The average Bonchev–Trinajstić information content (AvgIpc) is 2.72. The second kappa shape index (κ2) is 8.41. The Bertz CT molecular complexity index is 801. The molecule has 28 heavy (non-hydrogen) atoms. The van der Waals surface area contributed by atoms with Crippen molar-refractivity contribution in [1.29, 1.82) is 0 Å². The number of rotatable bonds is 5. The van der Waals surface area contributed by atoms with Crippen molar-refractivity contribution in [2.45, 2.75) is 6.18 Å². The fraction of sp³-hybridized carbons (Fsp3) is 0.350. The molecule has 5 nitrogen and oxygen atoms in total. The summed E-state index contributed by atoms with van der Waals surface area (Å²) < 4.78 is 48.8. The molecule has 8 heteroatoms. The first kappa shape index (κ1) is 19.9. The minimum atomic E-state index is -4.34. The number of methoxy groups -OCH3 is 1. The summed E-state index contributed by atoms with van der Waals surface area (Å²) >= 11 is 0. The summed E-state index contributed by atoms with van der Waals surface area (Å²) in [7, 11) is 1.53. The molecule has 0 atom stereocenters. The van der Waals surface area contributed by atoms with E-state index in [1.807, 2.05) is 11.0 Å². The lowest BCUT2D eigenvalue weighted by atomic mass is 10.1. The van der Waals surface area contributed by atoms with E-state index in [4.69, 9.17) is 9.47 Å². The van der Waals surface area contributed by atoms with Gasteiger partial charge in [-0.15, -0.1) is 0 Å². The highest BCUT2D eigenvalue weighted by Crippen LogP contribution is 2.30. The first-order valence-corrected chi connectivity index (χ1v) is 8.84. The lowest BCUT2D eigenvalue weighted by molar-refractivity contribution is -0.137. The Hall–Kier alpha value is -2.90. The van der Waals surface area contributed by atoms with Crippen molar-refractivity contribution in [2.24, 2.45) is 0 Å². The smallest absolute Gasteiger partial charge is 0.416 e. The molecule has 0 spiro atoms. The van der Waals surface area contributed by atoms with Gasteiger partial charge in [-0.05, 0) is 36.4 Å². The van der Waals surface area contributed by atoms with Crippen molar-refractivity contribution < 1.29 is 27.4 Å². The van der Waals surface area contributed by atoms with Crippen LogP contribution in [0, 0.1) is 0 Å². The van der Waals surface area contributed by atoms with Gasteiger partial charge in [0.1, 0.15) is 0 Å². The molecular formula is C20H21F3N2O3. The topological polar surface area (TPSA) is 42.0 Å². The van der Waals surface area contributed by atoms with Gasteiger partial charge in [-0.1, -0.05) is 12.1 Å². The van der Waals surface area contributed by atoms with E-state index in [0.717, 1.165) is 12.1 Å². The number of piperazine rings is 1. The molecule has 150 valence electrons. The number of ether oxygens (including phenoxy) is 2. The van der Waals surface area contributed by atoms with Crippen molar-refractivity contribution >= 4 is 11.6 Å². The highest BCUT2D eigenvalue weighted by atomic mass is 19.4. The fourth-order valence-electron chi connectivity index (χ4n) is 3.04. The molecule has 0 aromatic heterocycles. The maximum absolute atomic E-state index is 12.7. The first-order valence-electron chi connectivity index (χ1n) is 8.84. The molecule has 0 unspecified atom stereocenters. The number of benzene rings is 2. The Balaban J connectivity index is 1.51. The van der Waals surface area contributed by atoms with Crippen molar-refractivity contribution in [3.63, 3.8) is 0 Å². The minimum Gasteiger partial charge on any atom is -0.493 e. The number of hydrogen-bond donors (Lipinski definition) is 0. The van der Waals surface area contributed by atoms with Crippen molar-refractivity contribution in [3.8, 4) is 11.5 Å². The Morgan fingerprint density at radius 1 is 0.964 bits per heavy atom. The van der Waals surface area contributed by atoms with Crippen LogP contribution in [0.4, 0.5) is 18.9 Å². The molecule has 1 heterocycles. The summed E-state index contributed by atoms with van der Waals surface area (Å²) in [4.78, 5) is 16.0. The van der Waals surface area contributed by atoms with Crippen molar-refractivity contribution in [2.75, 3.05) is 44.8 Å². The number of amides is 1. The van der Waals surface area contributed by atoms with Gasteiger partial charge in [0.2, 0.25) is 0 Å². The number of carbonyl (C=O) groups is 1. The molecule has 0 bridgehead atoms. The van der Waals surface area contributed by atoms with Crippen LogP contribution in [0.15, 0.2) is 48.5 Å². The molecule has 3 rings (SSSR count). The SMILES string of the molecule is COc1ccccc1OCC(=O)N1CCN(c2ccc(C(F)(F)F)cc2)CC1. The largest absolute Gasteiger partial charge is 0.493 e. The van der Waals surface area contributed by atoms with E-state index in [1.54, 1.807) is 23.1 Å². The quantitative estimate of drug-likeness (QED) is 0.779. The maximum atomic E-state index is 12.7. The zero-order chi connectivity index (χ0) is 20.1. The third-order valence-electron chi connectivity index (χ3n) is 4.61. The number of nitrogens with zero attached hydrogens (tertiary/aromatic N) is 2. The van der Waals surface area contributed by atoms with Crippen LogP contribution in [0.5, 0.6) is 11.5 Å². The third-order valence-corrected chi connectivity index (χ3v) is 4.61. The van der Waals surface area contributed by atoms with Gasteiger partial charge in [0.25, 0.3) is 5.91 Å². The summed E-state index contributed by atoms with van der Waals surface area (Å²) in [6.07, 6.45) is -4.34. The van der Waals surface area contributed by atoms with Crippen molar-refractivity contribution in [3.05, 3.63) is 54.1 Å². The van der Waals surface area contributed by atoms with Crippen LogP contribution < -0.4 is 14.4 Å². The average molecular weight is 394 g/mol. The summed E-state index contributed by atoms with van der Waals surface area (Å²) in [5, 5.41) is 0. The fourth-order valence-corrected chi connectivity index (χ4v) is 3.04. The molecule has 1 aliphatic heterocycles. The molecule has 1 aliphatic rings. The zero-order valence-corrected chi connectivity index (χ0v) is 15.4. The van der Waals surface area contributed by atoms with Crippen LogP contribution in [0.3, 0.4) is 0 Å². The van der Waals surface area contributed by atoms with Gasteiger partial charge in [0.05, 0.1) is 12.7 Å². The van der Waals surface area contributed by atoms with Crippen molar-refractivity contribution in [1.82, 2.24) is 4.90 Å². The summed E-state index contributed by atoms with van der Waals surface area (Å²) in [5.41, 5.74) is 0.0453. The molecule has 2 aromatic carbocycles. The third kappa shape index (κ3) is 4.68. The zero-order valence-electron chi connectivity index (χ0n) is 15.4. The molecule has 0 aliphatic carbocycles. The van der Waals surface area contributed by atoms with E-state index in [9.17, 15) is 18.0 Å². The number of alkyl halides is 3. The molecule has 1 amide bonds. The van der Waals surface area contributed by atoms with E-state index in [1.165, 1.54) is 19.2 Å². The summed E-state index contributed by atoms with van der Waals surface area (Å²) in [6.45, 7) is 1.96. The van der Waals surface area contributed by atoms with Gasteiger partial charge in [0, 0.05) is 31.9 Å². The molecular weight excluding hydrogens is 373 g/mol. The second-order valence-electron chi connectivity index (χ2n) is 6.35. The Morgan fingerprint density at radius 2 is 1.57 bits per heavy atom. The monoisotopic (exact) mass is 394 g/mol. The molecule has 0 radical (unpaired) electrons. The summed E-state index contributed by atoms with van der Waals surface area (Å²) in [6, 6.07) is 12.2. The standard InChI is InChI=1S/C20H21F3N2O3/c1-27-17-4-2-3-5-18(17)28-14-19(26)25-12-10-24(11-13-25)16-8-6-15(7-9-16)20(21,22)23/h2-9H,10-14H2,1H3. The van der Waals surface area contributed by atoms with E-state index in [0.29, 0.717) is 43.4 Å².